The summed E-state index contributed by atoms with van der Waals surface area (Å²) in [5, 5.41) is 11.6. The molecule has 3 fully saturated rings. The number of benzene rings is 1. The number of hydrogen-bond acceptors (Lipinski definition) is 2. The summed E-state index contributed by atoms with van der Waals surface area (Å²) in [6.45, 7) is 0.859. The van der Waals surface area contributed by atoms with Gasteiger partial charge in [0, 0.05) is 24.5 Å². The van der Waals surface area contributed by atoms with Crippen molar-refractivity contribution in [2.24, 2.45) is 5.92 Å². The van der Waals surface area contributed by atoms with Gasteiger partial charge in [0.05, 0.1) is 16.1 Å². The minimum Gasteiger partial charge on any atom is -0.391 e. The quantitative estimate of drug-likeness (QED) is 0.860. The second-order valence-electron chi connectivity index (χ2n) is 6.16. The van der Waals surface area contributed by atoms with Gasteiger partial charge in [0.25, 0.3) is 0 Å². The third-order valence-electron chi connectivity index (χ3n) is 5.34. The van der Waals surface area contributed by atoms with Crippen molar-refractivity contribution in [3.05, 3.63) is 33.8 Å². The summed E-state index contributed by atoms with van der Waals surface area (Å²) in [6, 6.07) is 7.19. The molecule has 1 aromatic rings. The van der Waals surface area contributed by atoms with Crippen molar-refractivity contribution in [1.29, 1.82) is 0 Å². The number of hydrogen-bond donors (Lipinski definition) is 1. The normalized spacial score (nSPS) is 43.7. The highest BCUT2D eigenvalue weighted by Crippen LogP contribution is 2.52. The fourth-order valence-corrected chi connectivity index (χ4v) is 4.91. The fourth-order valence-electron chi connectivity index (χ4n) is 4.60. The Labute approximate surface area is 123 Å². The molecule has 4 rings (SSSR count). The van der Waals surface area contributed by atoms with E-state index in [9.17, 15) is 5.11 Å². The molecule has 4 bridgehead atoms. The average Bonchev–Trinajstić information content (AvgIpc) is 2.78. The van der Waals surface area contributed by atoms with Gasteiger partial charge in [0.1, 0.15) is 0 Å². The molecule has 0 aromatic heterocycles. The summed E-state index contributed by atoms with van der Waals surface area (Å²) in [7, 11) is 0. The zero-order chi connectivity index (χ0) is 13.1. The monoisotopic (exact) mass is 297 g/mol. The molecular weight excluding hydrogens is 281 g/mol. The number of halogens is 2. The first kappa shape index (κ1) is 12.5. The summed E-state index contributed by atoms with van der Waals surface area (Å²) >= 11 is 12.2. The zero-order valence-corrected chi connectivity index (χ0v) is 12.1. The first-order valence-corrected chi connectivity index (χ1v) is 7.79. The van der Waals surface area contributed by atoms with Crippen LogP contribution in [0.5, 0.6) is 0 Å². The average molecular weight is 298 g/mol. The van der Waals surface area contributed by atoms with Gasteiger partial charge in [-0.05, 0) is 42.9 Å². The standard InChI is InChI=1S/C15H17Cl2NO/c16-11-3-1-8(5-12(11)17)10-6-9-2-4-13-15(10)14(19)7-18(9)13/h1,3,5,9-10,13-15,19H,2,4,6-7H2/t9-,10+,13+,14+,15-/m1/s1. The van der Waals surface area contributed by atoms with Crippen molar-refractivity contribution in [3.8, 4) is 0 Å². The smallest absolute Gasteiger partial charge is 0.0716 e. The van der Waals surface area contributed by atoms with Crippen molar-refractivity contribution < 1.29 is 5.11 Å². The van der Waals surface area contributed by atoms with Crippen molar-refractivity contribution in [3.63, 3.8) is 0 Å². The Balaban J connectivity index is 1.73. The molecule has 3 aliphatic heterocycles. The molecule has 3 aliphatic rings. The summed E-state index contributed by atoms with van der Waals surface area (Å²) in [6.07, 6.45) is 3.49. The van der Waals surface area contributed by atoms with Gasteiger partial charge in [-0.3, -0.25) is 4.90 Å². The van der Waals surface area contributed by atoms with E-state index in [0.717, 1.165) is 13.0 Å². The molecule has 19 heavy (non-hydrogen) atoms. The van der Waals surface area contributed by atoms with E-state index in [1.165, 1.54) is 18.4 Å². The second-order valence-corrected chi connectivity index (χ2v) is 6.97. The minimum absolute atomic E-state index is 0.185. The third kappa shape index (κ3) is 1.77. The molecule has 0 radical (unpaired) electrons. The van der Waals surface area contributed by atoms with Crippen molar-refractivity contribution in [2.75, 3.05) is 6.54 Å². The number of rotatable bonds is 1. The molecule has 0 aliphatic carbocycles. The van der Waals surface area contributed by atoms with E-state index in [4.69, 9.17) is 23.2 Å². The molecule has 102 valence electrons. The molecule has 3 heterocycles. The van der Waals surface area contributed by atoms with Crippen LogP contribution in [0.3, 0.4) is 0 Å². The number of piperidine rings is 1. The summed E-state index contributed by atoms with van der Waals surface area (Å²) in [5.74, 6) is 0.803. The Kier molecular flexibility index (Phi) is 2.86. The number of aliphatic hydroxyl groups is 1. The Morgan fingerprint density at radius 2 is 2.00 bits per heavy atom. The maximum absolute atomic E-state index is 10.4. The van der Waals surface area contributed by atoms with Crippen LogP contribution >= 0.6 is 23.2 Å². The molecule has 2 nitrogen and oxygen atoms in total. The molecule has 1 aromatic carbocycles. The van der Waals surface area contributed by atoms with Gasteiger partial charge >= 0.3 is 0 Å². The maximum atomic E-state index is 10.4. The van der Waals surface area contributed by atoms with Crippen LogP contribution in [0.15, 0.2) is 18.2 Å². The molecular formula is C15H17Cl2NO. The Hall–Kier alpha value is -0.280. The molecule has 3 saturated heterocycles. The van der Waals surface area contributed by atoms with E-state index in [1.807, 2.05) is 12.1 Å². The van der Waals surface area contributed by atoms with Gasteiger partial charge in [-0.2, -0.15) is 0 Å². The van der Waals surface area contributed by atoms with Gasteiger partial charge in [-0.25, -0.2) is 0 Å². The van der Waals surface area contributed by atoms with E-state index in [0.29, 0.717) is 34.0 Å². The Bertz CT molecular complexity index is 521. The lowest BCUT2D eigenvalue weighted by Gasteiger charge is -2.37. The van der Waals surface area contributed by atoms with Gasteiger partial charge < -0.3 is 5.11 Å². The highest BCUT2D eigenvalue weighted by atomic mass is 35.5. The predicted octanol–water partition coefficient (Wildman–Crippen LogP) is 3.30. The SMILES string of the molecule is O[C@H]1CN2[C@@H]3CC[C@H]2[C@H]1[C@H](c1ccc(Cl)c(Cl)c1)C3. The van der Waals surface area contributed by atoms with Gasteiger partial charge in [0.2, 0.25) is 0 Å². The largest absolute Gasteiger partial charge is 0.391 e. The summed E-state index contributed by atoms with van der Waals surface area (Å²) in [5.41, 5.74) is 1.25. The predicted molar refractivity (Wildman–Crippen MR) is 76.8 cm³/mol. The lowest BCUT2D eigenvalue weighted by molar-refractivity contribution is 0.113. The number of nitrogens with zero attached hydrogens (tertiary/aromatic N) is 1. The molecule has 0 amide bonds. The second kappa shape index (κ2) is 4.36. The van der Waals surface area contributed by atoms with E-state index in [-0.39, 0.29) is 6.10 Å². The summed E-state index contributed by atoms with van der Waals surface area (Å²) < 4.78 is 0. The van der Waals surface area contributed by atoms with E-state index >= 15 is 0 Å². The highest BCUT2D eigenvalue weighted by Gasteiger charge is 2.55. The molecule has 6 atom stereocenters. The Morgan fingerprint density at radius 3 is 2.79 bits per heavy atom. The lowest BCUT2D eigenvalue weighted by Crippen LogP contribution is -2.41. The molecule has 0 spiro atoms. The van der Waals surface area contributed by atoms with Crippen LogP contribution in [-0.4, -0.2) is 34.7 Å². The van der Waals surface area contributed by atoms with Crippen LogP contribution in [0.2, 0.25) is 10.0 Å². The maximum Gasteiger partial charge on any atom is 0.0716 e. The third-order valence-corrected chi connectivity index (χ3v) is 6.08. The summed E-state index contributed by atoms with van der Waals surface area (Å²) in [4.78, 5) is 2.53. The first-order valence-electron chi connectivity index (χ1n) is 7.04. The molecule has 1 unspecified atom stereocenters. The van der Waals surface area contributed by atoms with Crippen molar-refractivity contribution in [2.45, 2.75) is 43.4 Å². The van der Waals surface area contributed by atoms with E-state index in [2.05, 4.69) is 11.0 Å². The number of aliphatic hydroxyl groups excluding tert-OH is 1. The van der Waals surface area contributed by atoms with Gasteiger partial charge in [-0.15, -0.1) is 0 Å². The van der Waals surface area contributed by atoms with Gasteiger partial charge in [0.15, 0.2) is 0 Å². The molecule has 0 saturated carbocycles. The van der Waals surface area contributed by atoms with Crippen LogP contribution in [0.1, 0.15) is 30.7 Å². The topological polar surface area (TPSA) is 23.5 Å². The van der Waals surface area contributed by atoms with Crippen LogP contribution in [-0.2, 0) is 0 Å². The minimum atomic E-state index is -0.185. The van der Waals surface area contributed by atoms with Crippen molar-refractivity contribution >= 4 is 23.2 Å². The molecule has 4 heteroatoms. The van der Waals surface area contributed by atoms with Crippen LogP contribution in [0.4, 0.5) is 0 Å². The van der Waals surface area contributed by atoms with Crippen LogP contribution in [0.25, 0.3) is 0 Å². The molecule has 1 N–H and O–H groups in total. The van der Waals surface area contributed by atoms with E-state index in [1.54, 1.807) is 0 Å². The zero-order valence-electron chi connectivity index (χ0n) is 10.6. The van der Waals surface area contributed by atoms with Crippen LogP contribution in [0, 0.1) is 5.92 Å². The first-order chi connectivity index (χ1) is 9.15. The van der Waals surface area contributed by atoms with Crippen LogP contribution < -0.4 is 0 Å². The van der Waals surface area contributed by atoms with Gasteiger partial charge in [-0.1, -0.05) is 29.3 Å². The van der Waals surface area contributed by atoms with E-state index < -0.39 is 0 Å². The Morgan fingerprint density at radius 1 is 1.16 bits per heavy atom. The van der Waals surface area contributed by atoms with Crippen molar-refractivity contribution in [1.82, 2.24) is 4.90 Å². The fraction of sp³-hybridized carbons (Fsp3) is 0.600. The highest BCUT2D eigenvalue weighted by molar-refractivity contribution is 6.42. The lowest BCUT2D eigenvalue weighted by atomic mass is 9.77.